The Bertz CT molecular complexity index is 1430. The quantitative estimate of drug-likeness (QED) is 0.188. The van der Waals surface area contributed by atoms with Crippen molar-refractivity contribution in [3.63, 3.8) is 0 Å². The van der Waals surface area contributed by atoms with Crippen molar-refractivity contribution in [3.05, 3.63) is 70.7 Å². The number of rotatable bonds is 14. The summed E-state index contributed by atoms with van der Waals surface area (Å²) >= 11 is 6.35. The highest BCUT2D eigenvalue weighted by Gasteiger charge is 2.40. The minimum atomic E-state index is -1.55. The first-order valence-corrected chi connectivity index (χ1v) is 17.7. The maximum absolute atomic E-state index is 14.1. The standard InChI is InChI=1S/C37H49ClN4O6/c1-37(2,26-14-9-15-27(38)22-26)32(24-12-7-4-8-13-24)48-36(47)42-30(20-23-10-5-3-6-11-23)34(45)41-29(21-25-18-19-39-33(25)44)31(43)35(46)40-28-16-17-28/h4,7-9,12-15,22-23,25,28-32,43H,3,5-6,10-11,16-21H2,1-2H3,(H,39,44)(H,40,46)(H,41,45)(H,42,47)/t25-,29-,30-,31?,32?/m0/s1. The predicted octanol–water partition coefficient (Wildman–Crippen LogP) is 5.07. The number of benzene rings is 2. The SMILES string of the molecule is CC(C)(c1cccc(Cl)c1)C(OC(=O)N[C@@H](CC1CCCCC1)C(=O)N[C@@H](C[C@@H]1CCNC1=O)C(O)C(=O)NC1CC1)c1ccccc1. The summed E-state index contributed by atoms with van der Waals surface area (Å²) in [4.78, 5) is 53.2. The van der Waals surface area contributed by atoms with E-state index in [-0.39, 0.29) is 24.3 Å². The van der Waals surface area contributed by atoms with Crippen LogP contribution in [0.4, 0.5) is 4.79 Å². The molecule has 5 rings (SSSR count). The minimum absolute atomic E-state index is 0.0162. The molecule has 260 valence electrons. The van der Waals surface area contributed by atoms with Gasteiger partial charge in [0.05, 0.1) is 6.04 Å². The third-order valence-corrected chi connectivity index (χ3v) is 10.3. The van der Waals surface area contributed by atoms with E-state index in [0.29, 0.717) is 24.4 Å². The molecule has 2 aromatic rings. The van der Waals surface area contributed by atoms with E-state index in [1.165, 1.54) is 0 Å². The van der Waals surface area contributed by atoms with Crippen molar-refractivity contribution < 1.29 is 29.0 Å². The van der Waals surface area contributed by atoms with Crippen molar-refractivity contribution >= 4 is 35.4 Å². The van der Waals surface area contributed by atoms with E-state index in [9.17, 15) is 24.3 Å². The van der Waals surface area contributed by atoms with E-state index in [4.69, 9.17) is 16.3 Å². The Morgan fingerprint density at radius 2 is 1.67 bits per heavy atom. The molecule has 10 nitrogen and oxygen atoms in total. The van der Waals surface area contributed by atoms with E-state index in [0.717, 1.165) is 56.1 Å². The predicted molar refractivity (Wildman–Crippen MR) is 183 cm³/mol. The monoisotopic (exact) mass is 680 g/mol. The van der Waals surface area contributed by atoms with Crippen molar-refractivity contribution in [2.45, 2.75) is 114 Å². The second kappa shape index (κ2) is 16.2. The second-order valence-electron chi connectivity index (χ2n) is 14.2. The van der Waals surface area contributed by atoms with Crippen LogP contribution in [0.1, 0.15) is 95.3 Å². The fraction of sp³-hybridized carbons (Fsp3) is 0.568. The number of hydrogen-bond acceptors (Lipinski definition) is 6. The molecule has 0 radical (unpaired) electrons. The number of nitrogens with one attached hydrogen (secondary N) is 4. The average Bonchev–Trinajstić information content (AvgIpc) is 3.81. The van der Waals surface area contributed by atoms with Crippen molar-refractivity contribution in [2.24, 2.45) is 11.8 Å². The van der Waals surface area contributed by atoms with E-state index in [1.54, 1.807) is 6.07 Å². The molecule has 2 saturated carbocycles. The van der Waals surface area contributed by atoms with Gasteiger partial charge in [0.1, 0.15) is 12.1 Å². The number of aliphatic hydroxyl groups is 1. The molecule has 5 N–H and O–H groups in total. The van der Waals surface area contributed by atoms with Crippen LogP contribution >= 0.6 is 11.6 Å². The number of carbonyl (C=O) groups is 4. The van der Waals surface area contributed by atoms with Gasteiger partial charge in [0.2, 0.25) is 11.8 Å². The fourth-order valence-corrected chi connectivity index (χ4v) is 7.19. The van der Waals surface area contributed by atoms with Gasteiger partial charge in [-0.2, -0.15) is 0 Å². The third kappa shape index (κ3) is 9.50. The van der Waals surface area contributed by atoms with Crippen LogP contribution in [-0.2, 0) is 24.5 Å². The van der Waals surface area contributed by atoms with Gasteiger partial charge in [-0.1, -0.05) is 100 Å². The van der Waals surface area contributed by atoms with Crippen molar-refractivity contribution in [1.29, 1.82) is 0 Å². The minimum Gasteiger partial charge on any atom is -0.440 e. The van der Waals surface area contributed by atoms with Gasteiger partial charge in [-0.3, -0.25) is 14.4 Å². The number of hydrogen-bond donors (Lipinski definition) is 5. The summed E-state index contributed by atoms with van der Waals surface area (Å²) in [7, 11) is 0. The maximum Gasteiger partial charge on any atom is 0.408 e. The van der Waals surface area contributed by atoms with Gasteiger partial charge in [0.15, 0.2) is 6.10 Å². The summed E-state index contributed by atoms with van der Waals surface area (Å²) in [6, 6.07) is 14.9. The Kier molecular flexibility index (Phi) is 12.0. The number of carbonyl (C=O) groups excluding carboxylic acids is 4. The van der Waals surface area contributed by atoms with Gasteiger partial charge in [-0.25, -0.2) is 4.79 Å². The van der Waals surface area contributed by atoms with E-state index >= 15 is 0 Å². The molecule has 2 unspecified atom stereocenters. The molecule has 1 aliphatic heterocycles. The van der Waals surface area contributed by atoms with Gasteiger partial charge in [0, 0.05) is 28.9 Å². The largest absolute Gasteiger partial charge is 0.440 e. The van der Waals surface area contributed by atoms with Crippen LogP contribution in [0.15, 0.2) is 54.6 Å². The lowest BCUT2D eigenvalue weighted by molar-refractivity contribution is -0.134. The molecular formula is C37H49ClN4O6. The highest BCUT2D eigenvalue weighted by atomic mass is 35.5. The Hall–Kier alpha value is -3.63. The van der Waals surface area contributed by atoms with Crippen LogP contribution in [0.3, 0.4) is 0 Å². The fourth-order valence-electron chi connectivity index (χ4n) is 6.99. The van der Waals surface area contributed by atoms with Crippen molar-refractivity contribution in [2.75, 3.05) is 6.54 Å². The summed E-state index contributed by atoms with van der Waals surface area (Å²) in [6.45, 7) is 4.46. The Labute approximate surface area is 288 Å². The molecule has 5 atom stereocenters. The van der Waals surface area contributed by atoms with Crippen LogP contribution < -0.4 is 21.3 Å². The Balaban J connectivity index is 1.36. The molecule has 2 aromatic carbocycles. The Morgan fingerprint density at radius 1 is 0.938 bits per heavy atom. The number of alkyl carbamates (subject to hydrolysis) is 1. The van der Waals surface area contributed by atoms with Crippen LogP contribution in [-0.4, -0.2) is 59.7 Å². The van der Waals surface area contributed by atoms with E-state index in [1.807, 2.05) is 62.4 Å². The van der Waals surface area contributed by atoms with Crippen molar-refractivity contribution in [3.8, 4) is 0 Å². The molecule has 3 fully saturated rings. The highest BCUT2D eigenvalue weighted by molar-refractivity contribution is 6.30. The molecule has 0 aromatic heterocycles. The summed E-state index contributed by atoms with van der Waals surface area (Å²) in [5.74, 6) is -1.51. The lowest BCUT2D eigenvalue weighted by Crippen LogP contribution is -2.57. The van der Waals surface area contributed by atoms with Gasteiger partial charge >= 0.3 is 6.09 Å². The smallest absolute Gasteiger partial charge is 0.408 e. The lowest BCUT2D eigenvalue weighted by atomic mass is 9.76. The summed E-state index contributed by atoms with van der Waals surface area (Å²) in [6.07, 6.45) is 4.78. The van der Waals surface area contributed by atoms with Crippen LogP contribution in [0.5, 0.6) is 0 Å². The number of halogens is 1. The summed E-state index contributed by atoms with van der Waals surface area (Å²) in [5, 5.41) is 23.0. The van der Waals surface area contributed by atoms with Crippen molar-refractivity contribution in [1.82, 2.24) is 21.3 Å². The first-order valence-electron chi connectivity index (χ1n) is 17.4. The van der Waals surface area contributed by atoms with Gasteiger partial charge in [0.25, 0.3) is 5.91 Å². The molecule has 11 heteroatoms. The zero-order chi connectivity index (χ0) is 34.3. The Morgan fingerprint density at radius 3 is 2.31 bits per heavy atom. The number of ether oxygens (including phenoxy) is 1. The molecule has 48 heavy (non-hydrogen) atoms. The van der Waals surface area contributed by atoms with E-state index in [2.05, 4.69) is 21.3 Å². The molecular weight excluding hydrogens is 632 g/mol. The van der Waals surface area contributed by atoms with Gasteiger partial charge in [-0.05, 0) is 61.3 Å². The second-order valence-corrected chi connectivity index (χ2v) is 14.7. The van der Waals surface area contributed by atoms with Gasteiger partial charge < -0.3 is 31.1 Å². The van der Waals surface area contributed by atoms with Gasteiger partial charge in [-0.15, -0.1) is 0 Å². The van der Waals surface area contributed by atoms with E-state index < -0.39 is 53.5 Å². The third-order valence-electron chi connectivity index (χ3n) is 10.1. The molecule has 1 heterocycles. The molecule has 1 saturated heterocycles. The maximum atomic E-state index is 14.1. The molecule has 0 spiro atoms. The van der Waals surface area contributed by atoms with Crippen LogP contribution in [0, 0.1) is 11.8 Å². The zero-order valence-electron chi connectivity index (χ0n) is 27.9. The van der Waals surface area contributed by atoms with Crippen LogP contribution in [0.25, 0.3) is 0 Å². The zero-order valence-corrected chi connectivity index (χ0v) is 28.6. The van der Waals surface area contributed by atoms with Crippen LogP contribution in [0.2, 0.25) is 5.02 Å². The summed E-state index contributed by atoms with van der Waals surface area (Å²) in [5.41, 5.74) is 0.965. The number of aliphatic hydroxyl groups excluding tert-OH is 1. The molecule has 2 aliphatic carbocycles. The molecule has 4 amide bonds. The number of amides is 4. The molecule has 0 bridgehead atoms. The summed E-state index contributed by atoms with van der Waals surface area (Å²) < 4.78 is 6.19. The average molecular weight is 681 g/mol. The molecule has 3 aliphatic rings. The normalized spacial score (nSPS) is 20.9. The highest BCUT2D eigenvalue weighted by Crippen LogP contribution is 2.40. The first-order chi connectivity index (χ1) is 23.0. The lowest BCUT2D eigenvalue weighted by Gasteiger charge is -2.35. The first kappa shape index (κ1) is 35.7. The topological polar surface area (TPSA) is 146 Å².